The molecular formula is C14H10BrFN2O3. The van der Waals surface area contributed by atoms with E-state index in [2.05, 4.69) is 26.2 Å². The zero-order chi connectivity index (χ0) is 15.4. The van der Waals surface area contributed by atoms with Gasteiger partial charge in [-0.25, -0.2) is 14.2 Å². The highest BCUT2D eigenvalue weighted by Crippen LogP contribution is 2.16. The predicted octanol–water partition coefficient (Wildman–Crippen LogP) is 2.61. The van der Waals surface area contributed by atoms with Crippen molar-refractivity contribution in [1.82, 2.24) is 10.3 Å². The number of nitrogens with one attached hydrogen (secondary N) is 1. The van der Waals surface area contributed by atoms with Crippen molar-refractivity contribution >= 4 is 27.8 Å². The van der Waals surface area contributed by atoms with Gasteiger partial charge in [-0.05, 0) is 45.8 Å². The molecule has 0 unspecified atom stereocenters. The number of pyridine rings is 1. The van der Waals surface area contributed by atoms with E-state index in [0.29, 0.717) is 11.1 Å². The van der Waals surface area contributed by atoms with Crippen LogP contribution in [-0.4, -0.2) is 22.0 Å². The van der Waals surface area contributed by atoms with Crippen LogP contribution in [0.15, 0.2) is 41.0 Å². The lowest BCUT2D eigenvalue weighted by Crippen LogP contribution is -2.23. The molecule has 0 saturated carbocycles. The maximum Gasteiger partial charge on any atom is 0.354 e. The number of amides is 1. The molecule has 2 rings (SSSR count). The van der Waals surface area contributed by atoms with Crippen LogP contribution in [0, 0.1) is 5.82 Å². The largest absolute Gasteiger partial charge is 0.477 e. The molecule has 2 N–H and O–H groups in total. The Bertz CT molecular complexity index is 689. The van der Waals surface area contributed by atoms with Crippen molar-refractivity contribution in [2.24, 2.45) is 0 Å². The van der Waals surface area contributed by atoms with Gasteiger partial charge >= 0.3 is 5.97 Å². The van der Waals surface area contributed by atoms with Crippen LogP contribution < -0.4 is 5.32 Å². The van der Waals surface area contributed by atoms with Gasteiger partial charge < -0.3 is 10.4 Å². The molecule has 7 heteroatoms. The Labute approximate surface area is 128 Å². The van der Waals surface area contributed by atoms with Crippen molar-refractivity contribution in [1.29, 1.82) is 0 Å². The maximum atomic E-state index is 13.1. The van der Waals surface area contributed by atoms with Crippen molar-refractivity contribution in [2.75, 3.05) is 0 Å². The minimum Gasteiger partial charge on any atom is -0.477 e. The number of carbonyl (C=O) groups excluding carboxylic acids is 1. The van der Waals surface area contributed by atoms with Gasteiger partial charge in [0.1, 0.15) is 11.5 Å². The molecule has 0 bridgehead atoms. The van der Waals surface area contributed by atoms with Gasteiger partial charge in [-0.15, -0.1) is 0 Å². The SMILES string of the molecule is O=C(NCc1ccc(C(=O)O)nc1)c1ccc(F)c(Br)c1. The first-order valence-corrected chi connectivity index (χ1v) is 6.68. The number of hydrogen-bond donors (Lipinski definition) is 2. The summed E-state index contributed by atoms with van der Waals surface area (Å²) < 4.78 is 13.3. The van der Waals surface area contributed by atoms with E-state index in [1.807, 2.05) is 0 Å². The molecule has 1 heterocycles. The van der Waals surface area contributed by atoms with Crippen LogP contribution in [0.4, 0.5) is 4.39 Å². The third-order valence-electron chi connectivity index (χ3n) is 2.68. The van der Waals surface area contributed by atoms with E-state index in [-0.39, 0.29) is 22.6 Å². The van der Waals surface area contributed by atoms with Crippen LogP contribution in [0.5, 0.6) is 0 Å². The molecule has 0 atom stereocenters. The number of hydrogen-bond acceptors (Lipinski definition) is 3. The molecular weight excluding hydrogens is 343 g/mol. The van der Waals surface area contributed by atoms with Crippen molar-refractivity contribution in [3.63, 3.8) is 0 Å². The second-order valence-electron chi connectivity index (χ2n) is 4.17. The number of aromatic carboxylic acids is 1. The highest BCUT2D eigenvalue weighted by Gasteiger charge is 2.09. The van der Waals surface area contributed by atoms with Crippen LogP contribution in [0.1, 0.15) is 26.4 Å². The molecule has 0 saturated heterocycles. The monoisotopic (exact) mass is 352 g/mol. The summed E-state index contributed by atoms with van der Waals surface area (Å²) in [6.45, 7) is 0.195. The van der Waals surface area contributed by atoms with E-state index in [4.69, 9.17) is 5.11 Å². The van der Waals surface area contributed by atoms with Crippen molar-refractivity contribution in [2.45, 2.75) is 6.54 Å². The number of carboxylic acid groups (broad SMARTS) is 1. The van der Waals surface area contributed by atoms with Crippen LogP contribution >= 0.6 is 15.9 Å². The Morgan fingerprint density at radius 1 is 1.29 bits per heavy atom. The summed E-state index contributed by atoms with van der Waals surface area (Å²) in [5.41, 5.74) is 0.917. The van der Waals surface area contributed by atoms with Gasteiger partial charge in [-0.2, -0.15) is 0 Å². The number of halogens is 2. The third-order valence-corrected chi connectivity index (χ3v) is 3.29. The first-order chi connectivity index (χ1) is 9.97. The predicted molar refractivity (Wildman–Crippen MR) is 76.5 cm³/mol. The molecule has 1 aromatic carbocycles. The van der Waals surface area contributed by atoms with Crippen LogP contribution in [0.2, 0.25) is 0 Å². The Hall–Kier alpha value is -2.28. The van der Waals surface area contributed by atoms with E-state index in [1.54, 1.807) is 6.07 Å². The second-order valence-corrected chi connectivity index (χ2v) is 5.02. The van der Waals surface area contributed by atoms with Crippen LogP contribution in [0.3, 0.4) is 0 Å². The van der Waals surface area contributed by atoms with Crippen molar-refractivity contribution in [3.8, 4) is 0 Å². The first kappa shape index (κ1) is 15.1. The summed E-state index contributed by atoms with van der Waals surface area (Å²) in [5, 5.41) is 11.4. The molecule has 5 nitrogen and oxygen atoms in total. The van der Waals surface area contributed by atoms with Gasteiger partial charge in [0, 0.05) is 18.3 Å². The average Bonchev–Trinajstić information content (AvgIpc) is 2.48. The summed E-state index contributed by atoms with van der Waals surface area (Å²) in [4.78, 5) is 26.3. The Balaban J connectivity index is 2.00. The quantitative estimate of drug-likeness (QED) is 0.886. The Morgan fingerprint density at radius 2 is 2.05 bits per heavy atom. The summed E-state index contributed by atoms with van der Waals surface area (Å²) in [6.07, 6.45) is 1.38. The lowest BCUT2D eigenvalue weighted by Gasteiger charge is -2.06. The highest BCUT2D eigenvalue weighted by molar-refractivity contribution is 9.10. The molecule has 0 fully saturated rings. The van der Waals surface area contributed by atoms with E-state index in [0.717, 1.165) is 0 Å². The fraction of sp³-hybridized carbons (Fsp3) is 0.0714. The van der Waals surface area contributed by atoms with Gasteiger partial charge in [0.15, 0.2) is 0 Å². The van der Waals surface area contributed by atoms with Crippen LogP contribution in [-0.2, 0) is 6.54 Å². The topological polar surface area (TPSA) is 79.3 Å². The Morgan fingerprint density at radius 3 is 2.62 bits per heavy atom. The number of carbonyl (C=O) groups is 2. The van der Waals surface area contributed by atoms with E-state index in [1.165, 1.54) is 30.5 Å². The zero-order valence-electron chi connectivity index (χ0n) is 10.6. The average molecular weight is 353 g/mol. The third kappa shape index (κ3) is 3.85. The molecule has 0 aliphatic carbocycles. The molecule has 0 aliphatic heterocycles. The first-order valence-electron chi connectivity index (χ1n) is 5.89. The lowest BCUT2D eigenvalue weighted by molar-refractivity contribution is 0.0690. The normalized spacial score (nSPS) is 10.2. The number of benzene rings is 1. The minimum atomic E-state index is -1.11. The van der Waals surface area contributed by atoms with E-state index < -0.39 is 11.8 Å². The summed E-state index contributed by atoms with van der Waals surface area (Å²) >= 11 is 3.01. The molecule has 1 aromatic heterocycles. The van der Waals surface area contributed by atoms with Gasteiger partial charge in [0.2, 0.25) is 0 Å². The molecule has 108 valence electrons. The van der Waals surface area contributed by atoms with Gasteiger partial charge in [-0.3, -0.25) is 4.79 Å². The lowest BCUT2D eigenvalue weighted by atomic mass is 10.2. The van der Waals surface area contributed by atoms with Crippen molar-refractivity contribution in [3.05, 3.63) is 63.6 Å². The molecule has 21 heavy (non-hydrogen) atoms. The number of carboxylic acids is 1. The fourth-order valence-electron chi connectivity index (χ4n) is 1.58. The number of nitrogens with zero attached hydrogens (tertiary/aromatic N) is 1. The fourth-order valence-corrected chi connectivity index (χ4v) is 1.96. The van der Waals surface area contributed by atoms with Gasteiger partial charge in [0.05, 0.1) is 4.47 Å². The molecule has 1 amide bonds. The molecule has 0 radical (unpaired) electrons. The number of aromatic nitrogens is 1. The molecule has 0 spiro atoms. The standard InChI is InChI=1S/C14H10BrFN2O3/c15-10-5-9(2-3-11(10)16)13(19)18-7-8-1-4-12(14(20)21)17-6-8/h1-6H,7H2,(H,18,19)(H,20,21). The van der Waals surface area contributed by atoms with Crippen molar-refractivity contribution < 1.29 is 19.1 Å². The van der Waals surface area contributed by atoms with E-state index in [9.17, 15) is 14.0 Å². The minimum absolute atomic E-state index is 0.0625. The Kier molecular flexibility index (Phi) is 4.64. The molecule has 2 aromatic rings. The smallest absolute Gasteiger partial charge is 0.354 e. The summed E-state index contributed by atoms with van der Waals surface area (Å²) in [7, 11) is 0. The van der Waals surface area contributed by atoms with Gasteiger partial charge in [-0.1, -0.05) is 6.07 Å². The maximum absolute atomic E-state index is 13.1. The number of rotatable bonds is 4. The summed E-state index contributed by atoms with van der Waals surface area (Å²) in [5.74, 6) is -1.92. The van der Waals surface area contributed by atoms with Gasteiger partial charge in [0.25, 0.3) is 5.91 Å². The second kappa shape index (κ2) is 6.45. The zero-order valence-corrected chi connectivity index (χ0v) is 12.2. The highest BCUT2D eigenvalue weighted by atomic mass is 79.9. The van der Waals surface area contributed by atoms with E-state index >= 15 is 0 Å². The van der Waals surface area contributed by atoms with Crippen LogP contribution in [0.25, 0.3) is 0 Å². The molecule has 0 aliphatic rings. The summed E-state index contributed by atoms with van der Waals surface area (Å²) in [6, 6.07) is 6.88.